The number of hydrogen-bond donors (Lipinski definition) is 0. The first-order valence-corrected chi connectivity index (χ1v) is 8.48. The maximum Gasteiger partial charge on any atom is 0.308 e. The average molecular weight is 282 g/mol. The Morgan fingerprint density at radius 2 is 1.60 bits per heavy atom. The number of hydrogen-bond acceptors (Lipinski definition) is 2. The van der Waals surface area contributed by atoms with E-state index in [2.05, 4.69) is 26.0 Å². The van der Waals surface area contributed by atoms with Crippen LogP contribution in [0, 0.1) is 5.92 Å². The van der Waals surface area contributed by atoms with Gasteiger partial charge in [0.2, 0.25) is 0 Å². The van der Waals surface area contributed by atoms with Crippen LogP contribution >= 0.6 is 0 Å². The SMILES string of the molecule is CCC=CC(CCCCCCCCC)OC(=O)C(C)C. The summed E-state index contributed by atoms with van der Waals surface area (Å²) in [5, 5.41) is 0. The van der Waals surface area contributed by atoms with Crippen LogP contribution in [0.15, 0.2) is 12.2 Å². The van der Waals surface area contributed by atoms with Gasteiger partial charge in [-0.1, -0.05) is 72.3 Å². The van der Waals surface area contributed by atoms with Crippen LogP contribution in [0.4, 0.5) is 0 Å². The molecule has 1 atom stereocenters. The lowest BCUT2D eigenvalue weighted by molar-refractivity contribution is -0.150. The molecule has 0 N–H and O–H groups in total. The zero-order valence-corrected chi connectivity index (χ0v) is 14.0. The fourth-order valence-electron chi connectivity index (χ4n) is 2.07. The lowest BCUT2D eigenvalue weighted by Gasteiger charge is -2.16. The quantitative estimate of drug-likeness (QED) is 0.262. The van der Waals surface area contributed by atoms with Crippen LogP contribution in [0.2, 0.25) is 0 Å². The number of rotatable bonds is 12. The van der Waals surface area contributed by atoms with Crippen molar-refractivity contribution in [3.8, 4) is 0 Å². The Balaban J connectivity index is 3.87. The lowest BCUT2D eigenvalue weighted by Crippen LogP contribution is -2.20. The normalized spacial score (nSPS) is 13.1. The van der Waals surface area contributed by atoms with E-state index >= 15 is 0 Å². The number of ether oxygens (including phenoxy) is 1. The molecule has 0 radical (unpaired) electrons. The predicted octanol–water partition coefficient (Wildman–Crippen LogP) is 5.66. The van der Waals surface area contributed by atoms with E-state index in [1.54, 1.807) is 0 Å². The van der Waals surface area contributed by atoms with Gasteiger partial charge in [-0.3, -0.25) is 4.79 Å². The molecule has 0 bridgehead atoms. The Hall–Kier alpha value is -0.790. The van der Waals surface area contributed by atoms with E-state index in [9.17, 15) is 4.79 Å². The van der Waals surface area contributed by atoms with E-state index in [0.717, 1.165) is 19.3 Å². The van der Waals surface area contributed by atoms with Gasteiger partial charge in [-0.2, -0.15) is 0 Å². The second-order valence-corrected chi connectivity index (χ2v) is 5.88. The maximum absolute atomic E-state index is 11.7. The fourth-order valence-corrected chi connectivity index (χ4v) is 2.07. The van der Waals surface area contributed by atoms with Gasteiger partial charge in [-0.05, 0) is 25.3 Å². The van der Waals surface area contributed by atoms with Gasteiger partial charge in [0.25, 0.3) is 0 Å². The summed E-state index contributed by atoms with van der Waals surface area (Å²) in [6.45, 7) is 8.12. The third kappa shape index (κ3) is 11.1. The predicted molar refractivity (Wildman–Crippen MR) is 86.8 cm³/mol. The van der Waals surface area contributed by atoms with Crippen LogP contribution < -0.4 is 0 Å². The van der Waals surface area contributed by atoms with Crippen molar-refractivity contribution >= 4 is 5.97 Å². The number of esters is 1. The van der Waals surface area contributed by atoms with Crippen molar-refractivity contribution in [3.63, 3.8) is 0 Å². The summed E-state index contributed by atoms with van der Waals surface area (Å²) in [5.74, 6) is -0.125. The zero-order chi connectivity index (χ0) is 15.2. The van der Waals surface area contributed by atoms with E-state index < -0.39 is 0 Å². The number of carbonyl (C=O) groups excluding carboxylic acids is 1. The highest BCUT2D eigenvalue weighted by Gasteiger charge is 2.14. The largest absolute Gasteiger partial charge is 0.458 e. The van der Waals surface area contributed by atoms with Crippen molar-refractivity contribution < 1.29 is 9.53 Å². The Morgan fingerprint density at radius 3 is 2.15 bits per heavy atom. The third-order valence-electron chi connectivity index (χ3n) is 3.42. The van der Waals surface area contributed by atoms with E-state index in [0.29, 0.717) is 0 Å². The molecule has 0 aliphatic carbocycles. The van der Waals surface area contributed by atoms with Crippen LogP contribution in [-0.4, -0.2) is 12.1 Å². The highest BCUT2D eigenvalue weighted by atomic mass is 16.5. The molecule has 0 rings (SSSR count). The molecule has 0 fully saturated rings. The summed E-state index contributed by atoms with van der Waals surface area (Å²) < 4.78 is 5.53. The fraction of sp³-hybridized carbons (Fsp3) is 0.833. The molecule has 2 heteroatoms. The molecule has 0 amide bonds. The Morgan fingerprint density at radius 1 is 1.00 bits per heavy atom. The molecule has 118 valence electrons. The van der Waals surface area contributed by atoms with Crippen LogP contribution in [0.25, 0.3) is 0 Å². The highest BCUT2D eigenvalue weighted by Crippen LogP contribution is 2.13. The molecule has 20 heavy (non-hydrogen) atoms. The smallest absolute Gasteiger partial charge is 0.308 e. The van der Waals surface area contributed by atoms with Gasteiger partial charge in [-0.15, -0.1) is 0 Å². The maximum atomic E-state index is 11.7. The molecule has 0 saturated carbocycles. The van der Waals surface area contributed by atoms with Crippen LogP contribution in [0.5, 0.6) is 0 Å². The summed E-state index contributed by atoms with van der Waals surface area (Å²) >= 11 is 0. The van der Waals surface area contributed by atoms with E-state index in [1.165, 1.54) is 38.5 Å². The monoisotopic (exact) mass is 282 g/mol. The molecule has 2 nitrogen and oxygen atoms in total. The van der Waals surface area contributed by atoms with Crippen molar-refractivity contribution in [1.82, 2.24) is 0 Å². The van der Waals surface area contributed by atoms with Gasteiger partial charge in [0.1, 0.15) is 6.10 Å². The zero-order valence-electron chi connectivity index (χ0n) is 14.0. The van der Waals surface area contributed by atoms with Crippen molar-refractivity contribution in [3.05, 3.63) is 12.2 Å². The minimum atomic E-state index is -0.0845. The average Bonchev–Trinajstić information content (AvgIpc) is 2.43. The third-order valence-corrected chi connectivity index (χ3v) is 3.42. The highest BCUT2D eigenvalue weighted by molar-refractivity contribution is 5.71. The van der Waals surface area contributed by atoms with Gasteiger partial charge >= 0.3 is 5.97 Å². The second kappa shape index (κ2) is 13.2. The first kappa shape index (κ1) is 19.2. The first-order chi connectivity index (χ1) is 9.61. The minimum absolute atomic E-state index is 0.0273. The van der Waals surface area contributed by atoms with Crippen molar-refractivity contribution in [2.24, 2.45) is 5.92 Å². The number of allylic oxidation sites excluding steroid dienone is 1. The Bertz CT molecular complexity index is 256. The van der Waals surface area contributed by atoms with Crippen molar-refractivity contribution in [2.45, 2.75) is 91.6 Å². The summed E-state index contributed by atoms with van der Waals surface area (Å²) in [6.07, 6.45) is 15.1. The van der Waals surface area contributed by atoms with E-state index in [-0.39, 0.29) is 18.0 Å². The summed E-state index contributed by atoms with van der Waals surface area (Å²) in [7, 11) is 0. The number of carbonyl (C=O) groups is 1. The molecule has 0 aliphatic heterocycles. The molecule has 0 saturated heterocycles. The summed E-state index contributed by atoms with van der Waals surface area (Å²) in [6, 6.07) is 0. The standard InChI is InChI=1S/C18H34O2/c1-5-7-9-10-11-12-13-15-17(14-8-6-2)20-18(19)16(3)4/h8,14,16-17H,5-7,9-13,15H2,1-4H3. The van der Waals surface area contributed by atoms with E-state index in [1.807, 2.05) is 13.8 Å². The van der Waals surface area contributed by atoms with Gasteiger partial charge in [0.15, 0.2) is 0 Å². The second-order valence-electron chi connectivity index (χ2n) is 5.88. The van der Waals surface area contributed by atoms with Crippen LogP contribution in [-0.2, 0) is 9.53 Å². The lowest BCUT2D eigenvalue weighted by atomic mass is 10.1. The van der Waals surface area contributed by atoms with Gasteiger partial charge in [0, 0.05) is 0 Å². The molecule has 0 aliphatic rings. The molecule has 0 heterocycles. The number of unbranched alkanes of at least 4 members (excludes halogenated alkanes) is 6. The van der Waals surface area contributed by atoms with E-state index in [4.69, 9.17) is 4.74 Å². The van der Waals surface area contributed by atoms with Crippen molar-refractivity contribution in [1.29, 1.82) is 0 Å². The summed E-state index contributed by atoms with van der Waals surface area (Å²) in [5.41, 5.74) is 0. The van der Waals surface area contributed by atoms with Gasteiger partial charge in [0.05, 0.1) is 5.92 Å². The molecule has 1 unspecified atom stereocenters. The summed E-state index contributed by atoms with van der Waals surface area (Å²) in [4.78, 5) is 11.7. The molecular formula is C18H34O2. The molecule has 0 aromatic rings. The molecule has 0 aromatic carbocycles. The van der Waals surface area contributed by atoms with Crippen molar-refractivity contribution in [2.75, 3.05) is 0 Å². The molecular weight excluding hydrogens is 248 g/mol. The first-order valence-electron chi connectivity index (χ1n) is 8.48. The molecule has 0 aromatic heterocycles. The van der Waals surface area contributed by atoms with Gasteiger partial charge in [-0.25, -0.2) is 0 Å². The Labute approximate surface area is 126 Å². The molecule has 0 spiro atoms. The van der Waals surface area contributed by atoms with Crippen LogP contribution in [0.1, 0.15) is 85.5 Å². The topological polar surface area (TPSA) is 26.3 Å². The van der Waals surface area contributed by atoms with Crippen LogP contribution in [0.3, 0.4) is 0 Å². The minimum Gasteiger partial charge on any atom is -0.458 e. The van der Waals surface area contributed by atoms with Gasteiger partial charge < -0.3 is 4.74 Å². The Kier molecular flexibility index (Phi) is 12.7.